The van der Waals surface area contributed by atoms with E-state index in [0.29, 0.717) is 0 Å². The van der Waals surface area contributed by atoms with Crippen molar-refractivity contribution >= 4 is 31.4 Å². The van der Waals surface area contributed by atoms with Crippen LogP contribution in [0.4, 0.5) is 0 Å². The molecule has 3 nitrogen and oxygen atoms in total. The Labute approximate surface area is 236 Å². The molecule has 0 spiro atoms. The van der Waals surface area contributed by atoms with Crippen molar-refractivity contribution in [2.45, 2.75) is 144 Å². The van der Waals surface area contributed by atoms with Gasteiger partial charge in [-0.1, -0.05) is 64.7 Å². The lowest BCUT2D eigenvalue weighted by atomic mass is 9.73. The number of benzene rings is 1. The highest BCUT2D eigenvalue weighted by Gasteiger charge is 2.35. The van der Waals surface area contributed by atoms with Gasteiger partial charge in [0.25, 0.3) is 0 Å². The summed E-state index contributed by atoms with van der Waals surface area (Å²) in [6, 6.07) is 6.13. The highest BCUT2D eigenvalue weighted by molar-refractivity contribution is 7.81. The molecule has 0 aliphatic heterocycles. The third-order valence-corrected chi connectivity index (χ3v) is 8.48. The fourth-order valence-corrected chi connectivity index (χ4v) is 4.13. The first-order chi connectivity index (χ1) is 16.6. The zero-order chi connectivity index (χ0) is 29.4. The quantitative estimate of drug-likeness (QED) is 0.251. The van der Waals surface area contributed by atoms with Crippen molar-refractivity contribution in [3.8, 4) is 0 Å². The van der Waals surface area contributed by atoms with Crippen molar-refractivity contribution < 1.29 is 14.6 Å². The van der Waals surface area contributed by atoms with Crippen molar-refractivity contribution in [3.63, 3.8) is 0 Å². The van der Waals surface area contributed by atoms with E-state index in [-0.39, 0.29) is 16.4 Å². The monoisotopic (exact) mass is 533 g/mol. The molecule has 1 aromatic carbocycles. The van der Waals surface area contributed by atoms with Crippen molar-refractivity contribution in [3.05, 3.63) is 29.3 Å². The molecule has 1 aromatic rings. The van der Waals surface area contributed by atoms with Crippen LogP contribution in [0, 0.1) is 24.7 Å². The van der Waals surface area contributed by atoms with Crippen LogP contribution in [0.25, 0.3) is 0 Å². The molecule has 1 N–H and O–H groups in total. The normalized spacial score (nSPS) is 18.2. The Morgan fingerprint density at radius 1 is 1.08 bits per heavy atom. The van der Waals surface area contributed by atoms with Gasteiger partial charge in [0.1, 0.15) is 5.78 Å². The van der Waals surface area contributed by atoms with Crippen LogP contribution in [-0.4, -0.2) is 34.3 Å². The van der Waals surface area contributed by atoms with Gasteiger partial charge in [0.15, 0.2) is 0 Å². The Balaban J connectivity index is 0.000000807. The average molecular weight is 534 g/mol. The fourth-order valence-electron chi connectivity index (χ4n) is 4.08. The third kappa shape index (κ3) is 12.3. The lowest BCUT2D eigenvalue weighted by Crippen LogP contribution is -2.45. The maximum atomic E-state index is 12.5. The molecule has 1 aliphatic carbocycles. The second-order valence-electron chi connectivity index (χ2n) is 13.5. The van der Waals surface area contributed by atoms with E-state index in [1.54, 1.807) is 21.3 Å². The van der Waals surface area contributed by atoms with Crippen LogP contribution < -0.4 is 5.46 Å². The Morgan fingerprint density at radius 2 is 1.57 bits per heavy atom. The van der Waals surface area contributed by atoms with E-state index in [0.717, 1.165) is 34.8 Å². The van der Waals surface area contributed by atoms with E-state index in [1.165, 1.54) is 19.3 Å². The number of ketones is 1. The fraction of sp³-hybridized carbons (Fsp3) is 0.781. The number of Topliss-reactive ketones (excluding diaryl/α,β-unsaturated/α-hetero) is 1. The van der Waals surface area contributed by atoms with Gasteiger partial charge in [-0.2, -0.15) is 12.6 Å². The highest BCUT2D eigenvalue weighted by atomic mass is 32.1. The zero-order valence-corrected chi connectivity index (χ0v) is 27.5. The van der Waals surface area contributed by atoms with E-state index in [1.807, 2.05) is 74.4 Å². The van der Waals surface area contributed by atoms with Crippen molar-refractivity contribution in [2.75, 3.05) is 0 Å². The lowest BCUT2D eigenvalue weighted by Gasteiger charge is -2.38. The average Bonchev–Trinajstić information content (AvgIpc) is 2.74. The van der Waals surface area contributed by atoms with Gasteiger partial charge in [-0.15, -0.1) is 0 Å². The Morgan fingerprint density at radius 3 is 1.86 bits per heavy atom. The molecule has 1 saturated carbocycles. The number of thiol groups is 1. The van der Waals surface area contributed by atoms with Gasteiger partial charge >= 0.3 is 7.48 Å². The molecule has 0 atom stereocenters. The first-order valence-corrected chi connectivity index (χ1v) is 14.6. The van der Waals surface area contributed by atoms with E-state index in [9.17, 15) is 4.79 Å². The van der Waals surface area contributed by atoms with Gasteiger partial charge in [-0.3, -0.25) is 4.79 Å². The van der Waals surface area contributed by atoms with Crippen LogP contribution in [-0.2, 0) is 14.9 Å². The Kier molecular flexibility index (Phi) is 14.3. The number of hydrogen-bond donors (Lipinski definition) is 2. The first kappa shape index (κ1) is 36.2. The lowest BCUT2D eigenvalue weighted by molar-refractivity contribution is -0.126. The molecule has 1 radical (unpaired) electrons. The molecule has 0 saturated heterocycles. The Hall–Kier alpha value is -0.775. The van der Waals surface area contributed by atoms with E-state index in [2.05, 4.69) is 39.5 Å². The smallest absolute Gasteiger partial charge is 0.330 e. The zero-order valence-electron chi connectivity index (χ0n) is 26.6. The van der Waals surface area contributed by atoms with Gasteiger partial charge in [-0.05, 0) is 105 Å². The van der Waals surface area contributed by atoms with Crippen LogP contribution in [0.1, 0.15) is 127 Å². The van der Waals surface area contributed by atoms with Crippen molar-refractivity contribution in [2.24, 2.45) is 17.8 Å². The van der Waals surface area contributed by atoms with Gasteiger partial charge in [0, 0.05) is 16.1 Å². The number of hydrogen-bond acceptors (Lipinski definition) is 4. The topological polar surface area (TPSA) is 46.5 Å². The van der Waals surface area contributed by atoms with E-state index < -0.39 is 16.6 Å². The molecular weight excluding hydrogens is 475 g/mol. The number of carbonyl (C=O) groups is 1. The molecule has 1 fully saturated rings. The number of aryl methyl sites for hydroxylation is 1. The molecule has 2 rings (SSSR count). The predicted molar refractivity (Wildman–Crippen MR) is 166 cm³/mol. The largest absolute Gasteiger partial charge is 0.428 e. The van der Waals surface area contributed by atoms with Crippen LogP contribution in [0.2, 0.25) is 0 Å². The summed E-state index contributed by atoms with van der Waals surface area (Å²) in [5, 5.41) is 8.83. The van der Waals surface area contributed by atoms with E-state index in [4.69, 9.17) is 9.76 Å². The predicted octanol–water partition coefficient (Wildman–Crippen LogP) is 7.86. The maximum absolute atomic E-state index is 12.5. The molecule has 0 amide bonds. The van der Waals surface area contributed by atoms with Crippen LogP contribution in [0.15, 0.2) is 18.2 Å². The summed E-state index contributed by atoms with van der Waals surface area (Å²) >= 11 is 4.62. The Bertz CT molecular complexity index is 825. The van der Waals surface area contributed by atoms with Crippen LogP contribution >= 0.6 is 12.6 Å². The molecule has 37 heavy (non-hydrogen) atoms. The third-order valence-electron chi connectivity index (χ3n) is 7.94. The minimum atomic E-state index is -0.482. The molecule has 0 aromatic heterocycles. The molecule has 0 bridgehead atoms. The van der Waals surface area contributed by atoms with Gasteiger partial charge in [0.05, 0.1) is 11.2 Å². The first-order valence-electron chi connectivity index (χ1n) is 14.2. The highest BCUT2D eigenvalue weighted by Crippen LogP contribution is 2.35. The van der Waals surface area contributed by atoms with Crippen molar-refractivity contribution in [1.29, 1.82) is 0 Å². The number of carbonyl (C=O) groups excluding carboxylic acids is 1. The molecule has 1 aliphatic rings. The van der Waals surface area contributed by atoms with Crippen LogP contribution in [0.3, 0.4) is 0 Å². The second-order valence-corrected chi connectivity index (χ2v) is 14.7. The summed E-state index contributed by atoms with van der Waals surface area (Å²) in [4.78, 5) is 12.5. The minimum Gasteiger partial charge on any atom is -0.428 e. The number of aliphatic hydroxyl groups is 1. The number of rotatable bonds is 9. The van der Waals surface area contributed by atoms with Gasteiger partial charge in [-0.25, -0.2) is 0 Å². The van der Waals surface area contributed by atoms with E-state index >= 15 is 0 Å². The summed E-state index contributed by atoms with van der Waals surface area (Å²) in [5.41, 5.74) is 1.84. The van der Waals surface area contributed by atoms with Crippen LogP contribution in [0.5, 0.6) is 0 Å². The molecule has 213 valence electrons. The summed E-state index contributed by atoms with van der Waals surface area (Å²) in [7, 11) is 1.78. The summed E-state index contributed by atoms with van der Waals surface area (Å²) in [6.45, 7) is 28.3. The minimum absolute atomic E-state index is 0.0207. The summed E-state index contributed by atoms with van der Waals surface area (Å²) in [5.74, 6) is 2.42. The summed E-state index contributed by atoms with van der Waals surface area (Å²) < 4.78 is 5.72. The second kappa shape index (κ2) is 14.6. The molecule has 5 heteroatoms. The van der Waals surface area contributed by atoms with Gasteiger partial charge in [0.2, 0.25) is 0 Å². The standard InChI is InChI=1S/C20H32BO2S.C7H14.C5H12O/c1-13(2)17(22)18(4,5)16-11-10-15(12-14(16)3)21-23-19(6,7)20(8,9)24;1-3-7-4-6(2)5-7;1-4-5(2,3)6/h10-13,24H,1-9H3;6-7H,3-5H2,1-2H3;6H,4H2,1-3H3. The molecule has 0 unspecified atom stereocenters. The summed E-state index contributed by atoms with van der Waals surface area (Å²) in [6.07, 6.45) is 5.23. The SMILES string of the molecule is CCC(C)(C)O.CCC1CC(C)C1.Cc1cc([B]OC(C)(C)C(C)(C)S)ccc1C(C)(C)C(=O)C(C)C. The van der Waals surface area contributed by atoms with Crippen molar-refractivity contribution in [1.82, 2.24) is 0 Å². The maximum Gasteiger partial charge on any atom is 0.330 e. The van der Waals surface area contributed by atoms with Gasteiger partial charge < -0.3 is 9.76 Å². The molecular formula is C32H58BO3S. The molecule has 0 heterocycles.